The van der Waals surface area contributed by atoms with E-state index in [9.17, 15) is 0 Å². The van der Waals surface area contributed by atoms with Crippen LogP contribution in [0.3, 0.4) is 0 Å². The van der Waals surface area contributed by atoms with Crippen molar-refractivity contribution in [2.45, 2.75) is 91.9 Å². The van der Waals surface area contributed by atoms with Crippen molar-refractivity contribution in [1.29, 1.82) is 0 Å². The normalized spacial score (nSPS) is 13.3. The molecule has 0 aliphatic carbocycles. The molecule has 0 heterocycles. The minimum atomic E-state index is 0.891. The van der Waals surface area contributed by atoms with Gasteiger partial charge in [-0.3, -0.25) is 0 Å². The van der Waals surface area contributed by atoms with Crippen LogP contribution < -0.4 is 0 Å². The van der Waals surface area contributed by atoms with Gasteiger partial charge in [0.25, 0.3) is 0 Å². The monoisotopic (exact) mass is 226 g/mol. The Morgan fingerprint density at radius 1 is 0.625 bits per heavy atom. The molecule has 0 bridgehead atoms. The van der Waals surface area contributed by atoms with Crippen molar-refractivity contribution in [3.63, 3.8) is 0 Å². The minimum Gasteiger partial charge on any atom is -0.0654 e. The number of hydrogen-bond donors (Lipinski definition) is 0. The lowest BCUT2D eigenvalue weighted by Crippen LogP contribution is -2.01. The van der Waals surface area contributed by atoms with E-state index in [1.807, 2.05) is 0 Å². The topological polar surface area (TPSA) is 0 Å². The van der Waals surface area contributed by atoms with Gasteiger partial charge in [-0.2, -0.15) is 0 Å². The Balaban J connectivity index is 3.53. The lowest BCUT2D eigenvalue weighted by Gasteiger charge is -2.16. The molecule has 0 heteroatoms. The van der Waals surface area contributed by atoms with E-state index in [-0.39, 0.29) is 0 Å². The van der Waals surface area contributed by atoms with Crippen molar-refractivity contribution in [2.75, 3.05) is 0 Å². The van der Waals surface area contributed by atoms with Crippen molar-refractivity contribution >= 4 is 0 Å². The van der Waals surface area contributed by atoms with Crippen LogP contribution in [0.25, 0.3) is 0 Å². The first-order chi connectivity index (χ1) is 7.70. The molecular weight excluding hydrogens is 192 g/mol. The third-order valence-corrected chi connectivity index (χ3v) is 3.56. The Morgan fingerprint density at radius 3 is 1.88 bits per heavy atom. The summed E-state index contributed by atoms with van der Waals surface area (Å²) in [5, 5.41) is 0. The van der Waals surface area contributed by atoms with Gasteiger partial charge in [-0.15, -0.1) is 0 Å². The molecule has 0 spiro atoms. The highest BCUT2D eigenvalue weighted by molar-refractivity contribution is 4.60. The van der Waals surface area contributed by atoms with Gasteiger partial charge in [0.1, 0.15) is 0 Å². The first-order valence-corrected chi connectivity index (χ1v) is 7.70. The van der Waals surface area contributed by atoms with Crippen molar-refractivity contribution in [3.05, 3.63) is 0 Å². The highest BCUT2D eigenvalue weighted by Gasteiger charge is 2.07. The Morgan fingerprint density at radius 2 is 1.31 bits per heavy atom. The van der Waals surface area contributed by atoms with Gasteiger partial charge >= 0.3 is 0 Å². The van der Waals surface area contributed by atoms with Crippen LogP contribution in [0.1, 0.15) is 91.9 Å². The van der Waals surface area contributed by atoms with Crippen LogP contribution in [-0.4, -0.2) is 0 Å². The van der Waals surface area contributed by atoms with E-state index < -0.39 is 0 Å². The van der Waals surface area contributed by atoms with E-state index in [4.69, 9.17) is 0 Å². The van der Waals surface area contributed by atoms with Crippen LogP contribution >= 0.6 is 0 Å². The third kappa shape index (κ3) is 10.5. The summed E-state index contributed by atoms with van der Waals surface area (Å²) in [5.74, 6) is 1.92. The average Bonchev–Trinajstić information content (AvgIpc) is 2.23. The molecule has 16 heavy (non-hydrogen) atoms. The van der Waals surface area contributed by atoms with Gasteiger partial charge in [0.15, 0.2) is 0 Å². The molecule has 0 N–H and O–H groups in total. The van der Waals surface area contributed by atoms with Gasteiger partial charge in [-0.1, -0.05) is 91.9 Å². The van der Waals surface area contributed by atoms with Crippen molar-refractivity contribution in [2.24, 2.45) is 11.8 Å². The predicted octanol–water partition coefficient (Wildman–Crippen LogP) is 6.20. The summed E-state index contributed by atoms with van der Waals surface area (Å²) in [6, 6.07) is 0. The molecule has 1 unspecified atom stereocenters. The largest absolute Gasteiger partial charge is 0.0654 e. The van der Waals surface area contributed by atoms with Crippen LogP contribution in [-0.2, 0) is 0 Å². The van der Waals surface area contributed by atoms with Gasteiger partial charge in [0.05, 0.1) is 0 Å². The Bertz CT molecular complexity index is 126. The second kappa shape index (κ2) is 11.5. The fraction of sp³-hybridized carbons (Fsp3) is 1.00. The zero-order chi connectivity index (χ0) is 12.2. The molecule has 0 aromatic heterocycles. The van der Waals surface area contributed by atoms with E-state index in [2.05, 4.69) is 27.7 Å². The summed E-state index contributed by atoms with van der Waals surface area (Å²) in [6.45, 7) is 9.32. The van der Waals surface area contributed by atoms with Crippen LogP contribution in [0.4, 0.5) is 0 Å². The minimum absolute atomic E-state index is 0.891. The molecule has 1 atom stereocenters. The van der Waals surface area contributed by atoms with E-state index in [1.54, 1.807) is 0 Å². The first-order valence-electron chi connectivity index (χ1n) is 7.70. The Hall–Kier alpha value is 0. The molecule has 0 aliphatic heterocycles. The van der Waals surface area contributed by atoms with Crippen molar-refractivity contribution < 1.29 is 0 Å². The summed E-state index contributed by atoms with van der Waals surface area (Å²) in [7, 11) is 0. The maximum Gasteiger partial charge on any atom is -0.0414 e. The molecule has 0 nitrogen and oxygen atoms in total. The molecule has 0 aromatic rings. The molecule has 0 saturated heterocycles. The summed E-state index contributed by atoms with van der Waals surface area (Å²) < 4.78 is 0. The Kier molecular flexibility index (Phi) is 11.5. The molecule has 98 valence electrons. The molecule has 0 aliphatic rings. The summed E-state index contributed by atoms with van der Waals surface area (Å²) in [5.41, 5.74) is 0. The number of rotatable bonds is 11. The summed E-state index contributed by atoms with van der Waals surface area (Å²) in [4.78, 5) is 0. The van der Waals surface area contributed by atoms with Gasteiger partial charge in [-0.25, -0.2) is 0 Å². The van der Waals surface area contributed by atoms with Crippen LogP contribution in [0.2, 0.25) is 0 Å². The zero-order valence-corrected chi connectivity index (χ0v) is 12.2. The standard InChI is InChI=1S/C16H34/c1-5-7-8-9-13-16(11-6-2)14-10-12-15(3)4/h15-16H,5-14H2,1-4H3. The van der Waals surface area contributed by atoms with Gasteiger partial charge < -0.3 is 0 Å². The number of unbranched alkanes of at least 4 members (excludes halogenated alkanes) is 3. The lowest BCUT2D eigenvalue weighted by molar-refractivity contribution is 0.370. The molecule has 0 saturated carbocycles. The fourth-order valence-electron chi connectivity index (χ4n) is 2.52. The Labute approximate surface area is 104 Å². The van der Waals surface area contributed by atoms with Gasteiger partial charge in [-0.05, 0) is 11.8 Å². The highest BCUT2D eigenvalue weighted by Crippen LogP contribution is 2.23. The van der Waals surface area contributed by atoms with Gasteiger partial charge in [0, 0.05) is 0 Å². The highest BCUT2D eigenvalue weighted by atomic mass is 14.1. The first kappa shape index (κ1) is 16.0. The fourth-order valence-corrected chi connectivity index (χ4v) is 2.52. The van der Waals surface area contributed by atoms with Gasteiger partial charge in [0.2, 0.25) is 0 Å². The third-order valence-electron chi connectivity index (χ3n) is 3.56. The molecule has 0 amide bonds. The van der Waals surface area contributed by atoms with Crippen LogP contribution in [0, 0.1) is 11.8 Å². The van der Waals surface area contributed by atoms with E-state index in [1.165, 1.54) is 64.2 Å². The zero-order valence-electron chi connectivity index (χ0n) is 12.2. The maximum absolute atomic E-state index is 2.34. The predicted molar refractivity (Wildman–Crippen MR) is 75.8 cm³/mol. The molecule has 0 rings (SSSR count). The lowest BCUT2D eigenvalue weighted by atomic mass is 9.90. The van der Waals surface area contributed by atoms with Crippen molar-refractivity contribution in [1.82, 2.24) is 0 Å². The average molecular weight is 226 g/mol. The second-order valence-electron chi connectivity index (χ2n) is 5.83. The van der Waals surface area contributed by atoms with E-state index in [0.717, 1.165) is 11.8 Å². The van der Waals surface area contributed by atoms with Crippen LogP contribution in [0.5, 0.6) is 0 Å². The molecule has 0 radical (unpaired) electrons. The quantitative estimate of drug-likeness (QED) is 0.368. The summed E-state index contributed by atoms with van der Waals surface area (Å²) in [6.07, 6.45) is 14.4. The molecular formula is C16H34. The maximum atomic E-state index is 2.34. The molecule has 0 fully saturated rings. The van der Waals surface area contributed by atoms with E-state index >= 15 is 0 Å². The smallest absolute Gasteiger partial charge is 0.0414 e. The van der Waals surface area contributed by atoms with E-state index in [0.29, 0.717) is 0 Å². The summed E-state index contributed by atoms with van der Waals surface area (Å²) >= 11 is 0. The second-order valence-corrected chi connectivity index (χ2v) is 5.83. The SMILES string of the molecule is CCCCCCC(CCC)CCCC(C)C. The molecule has 0 aromatic carbocycles. The number of hydrogen-bond acceptors (Lipinski definition) is 0. The van der Waals surface area contributed by atoms with Crippen LogP contribution in [0.15, 0.2) is 0 Å². The van der Waals surface area contributed by atoms with Crippen molar-refractivity contribution in [3.8, 4) is 0 Å².